The number of rotatable bonds is 3. The largest absolute Gasteiger partial charge is 0.497 e. The maximum atomic E-state index is 11.1. The number of carboxylic acid groups (broad SMARTS) is 1. The Kier molecular flexibility index (Phi) is 2.82. The van der Waals surface area contributed by atoms with Crippen molar-refractivity contribution < 1.29 is 14.6 Å². The lowest BCUT2D eigenvalue weighted by Crippen LogP contribution is -2.00. The molecule has 1 N–H and O–H groups in total. The standard InChI is InChI=1S/C12H12N2O3/c1-14-11(10(7-13-14)12(15)16)8-3-5-9(17-2)6-4-8/h3-7H,1-2H3,(H,15,16). The quantitative estimate of drug-likeness (QED) is 0.876. The Bertz CT molecular complexity index is 543. The number of ether oxygens (including phenoxy) is 1. The zero-order valence-electron chi connectivity index (χ0n) is 9.54. The molecule has 5 nitrogen and oxygen atoms in total. The maximum absolute atomic E-state index is 11.1. The van der Waals surface area contributed by atoms with Crippen LogP contribution in [0.4, 0.5) is 0 Å². The Morgan fingerprint density at radius 3 is 2.53 bits per heavy atom. The van der Waals surface area contributed by atoms with Crippen molar-refractivity contribution in [1.82, 2.24) is 9.78 Å². The van der Waals surface area contributed by atoms with Crippen LogP contribution in [-0.4, -0.2) is 28.0 Å². The van der Waals surface area contributed by atoms with Crippen molar-refractivity contribution >= 4 is 5.97 Å². The lowest BCUT2D eigenvalue weighted by Gasteiger charge is -2.05. The smallest absolute Gasteiger partial charge is 0.339 e. The van der Waals surface area contributed by atoms with Crippen LogP contribution in [0, 0.1) is 0 Å². The van der Waals surface area contributed by atoms with Gasteiger partial charge in [0.1, 0.15) is 11.3 Å². The monoisotopic (exact) mass is 232 g/mol. The fraction of sp³-hybridized carbons (Fsp3) is 0.167. The van der Waals surface area contributed by atoms with Gasteiger partial charge in [0.05, 0.1) is 19.0 Å². The predicted molar refractivity (Wildman–Crippen MR) is 62.2 cm³/mol. The van der Waals surface area contributed by atoms with Crippen molar-refractivity contribution in [1.29, 1.82) is 0 Å². The third-order valence-electron chi connectivity index (χ3n) is 2.53. The molecule has 1 aromatic heterocycles. The number of methoxy groups -OCH3 is 1. The topological polar surface area (TPSA) is 64.3 Å². The van der Waals surface area contributed by atoms with Gasteiger partial charge in [-0.2, -0.15) is 5.10 Å². The molecule has 0 radical (unpaired) electrons. The molecular formula is C12H12N2O3. The summed E-state index contributed by atoms with van der Waals surface area (Å²) in [6.45, 7) is 0. The molecule has 5 heteroatoms. The Morgan fingerprint density at radius 1 is 1.35 bits per heavy atom. The number of carbonyl (C=O) groups is 1. The first-order valence-electron chi connectivity index (χ1n) is 5.03. The van der Waals surface area contributed by atoms with E-state index >= 15 is 0 Å². The highest BCUT2D eigenvalue weighted by atomic mass is 16.5. The second-order valence-electron chi connectivity index (χ2n) is 3.56. The minimum atomic E-state index is -0.982. The minimum absolute atomic E-state index is 0.192. The molecule has 2 aromatic rings. The van der Waals surface area contributed by atoms with Gasteiger partial charge in [-0.25, -0.2) is 4.79 Å². The summed E-state index contributed by atoms with van der Waals surface area (Å²) in [5.74, 6) is -0.253. The first-order valence-corrected chi connectivity index (χ1v) is 5.03. The Hall–Kier alpha value is -2.30. The first-order chi connectivity index (χ1) is 8.13. The second-order valence-corrected chi connectivity index (χ2v) is 3.56. The van der Waals surface area contributed by atoms with Gasteiger partial charge in [-0.05, 0) is 24.3 Å². The van der Waals surface area contributed by atoms with Gasteiger partial charge < -0.3 is 9.84 Å². The summed E-state index contributed by atoms with van der Waals surface area (Å²) in [6.07, 6.45) is 1.35. The Morgan fingerprint density at radius 2 is 2.00 bits per heavy atom. The molecule has 0 atom stereocenters. The van der Waals surface area contributed by atoms with Crippen molar-refractivity contribution in [2.24, 2.45) is 7.05 Å². The molecule has 0 aliphatic heterocycles. The van der Waals surface area contributed by atoms with Gasteiger partial charge in [0.15, 0.2) is 0 Å². The number of aryl methyl sites for hydroxylation is 1. The fourth-order valence-electron chi connectivity index (χ4n) is 1.69. The highest BCUT2D eigenvalue weighted by molar-refractivity contribution is 5.94. The van der Waals surface area contributed by atoms with Crippen molar-refractivity contribution in [2.45, 2.75) is 0 Å². The van der Waals surface area contributed by atoms with Gasteiger partial charge in [0.2, 0.25) is 0 Å². The van der Waals surface area contributed by atoms with Crippen molar-refractivity contribution in [3.8, 4) is 17.0 Å². The molecule has 0 fully saturated rings. The maximum Gasteiger partial charge on any atom is 0.339 e. The van der Waals surface area contributed by atoms with E-state index in [2.05, 4.69) is 5.10 Å². The van der Waals surface area contributed by atoms with Crippen molar-refractivity contribution in [3.05, 3.63) is 36.0 Å². The molecule has 0 bridgehead atoms. The van der Waals surface area contributed by atoms with Gasteiger partial charge in [-0.1, -0.05) is 0 Å². The van der Waals surface area contributed by atoms with Crippen LogP contribution in [0.2, 0.25) is 0 Å². The Labute approximate surface area is 98.3 Å². The summed E-state index contributed by atoms with van der Waals surface area (Å²) in [7, 11) is 3.30. The van der Waals surface area contributed by atoms with Crippen LogP contribution in [0.25, 0.3) is 11.3 Å². The van der Waals surface area contributed by atoms with Crippen LogP contribution >= 0.6 is 0 Å². The van der Waals surface area contributed by atoms with Crippen LogP contribution in [0.1, 0.15) is 10.4 Å². The summed E-state index contributed by atoms with van der Waals surface area (Å²) in [5, 5.41) is 13.0. The molecule has 17 heavy (non-hydrogen) atoms. The molecule has 0 aliphatic rings. The van der Waals surface area contributed by atoms with Crippen LogP contribution in [0.5, 0.6) is 5.75 Å². The number of hydrogen-bond acceptors (Lipinski definition) is 3. The predicted octanol–water partition coefficient (Wildman–Crippen LogP) is 1.79. The van der Waals surface area contributed by atoms with E-state index in [-0.39, 0.29) is 5.56 Å². The average Bonchev–Trinajstić information content (AvgIpc) is 2.71. The molecule has 1 heterocycles. The van der Waals surface area contributed by atoms with Crippen molar-refractivity contribution in [3.63, 3.8) is 0 Å². The summed E-state index contributed by atoms with van der Waals surface area (Å²) in [4.78, 5) is 11.1. The number of aromatic nitrogens is 2. The van der Waals surface area contributed by atoms with Gasteiger partial charge >= 0.3 is 5.97 Å². The summed E-state index contributed by atoms with van der Waals surface area (Å²) in [5.41, 5.74) is 1.57. The third-order valence-corrected chi connectivity index (χ3v) is 2.53. The molecular weight excluding hydrogens is 220 g/mol. The average molecular weight is 232 g/mol. The lowest BCUT2D eigenvalue weighted by molar-refractivity contribution is 0.0697. The molecule has 0 aliphatic carbocycles. The van der Waals surface area contributed by atoms with E-state index in [9.17, 15) is 4.79 Å². The summed E-state index contributed by atoms with van der Waals surface area (Å²) < 4.78 is 6.60. The summed E-state index contributed by atoms with van der Waals surface area (Å²) >= 11 is 0. The summed E-state index contributed by atoms with van der Waals surface area (Å²) in [6, 6.07) is 7.19. The molecule has 2 rings (SSSR count). The highest BCUT2D eigenvalue weighted by Gasteiger charge is 2.16. The zero-order chi connectivity index (χ0) is 12.4. The van der Waals surface area contributed by atoms with Crippen LogP contribution < -0.4 is 4.74 Å². The van der Waals surface area contributed by atoms with E-state index in [4.69, 9.17) is 9.84 Å². The van der Waals surface area contributed by atoms with Gasteiger partial charge in [-0.3, -0.25) is 4.68 Å². The molecule has 88 valence electrons. The number of nitrogens with zero attached hydrogens (tertiary/aromatic N) is 2. The number of benzene rings is 1. The van der Waals surface area contributed by atoms with E-state index in [1.54, 1.807) is 31.0 Å². The lowest BCUT2D eigenvalue weighted by atomic mass is 10.1. The normalized spacial score (nSPS) is 10.2. The molecule has 0 spiro atoms. The fourth-order valence-corrected chi connectivity index (χ4v) is 1.69. The zero-order valence-corrected chi connectivity index (χ0v) is 9.54. The van der Waals surface area contributed by atoms with E-state index < -0.39 is 5.97 Å². The molecule has 1 aromatic carbocycles. The molecule has 0 unspecified atom stereocenters. The van der Waals surface area contributed by atoms with E-state index in [0.717, 1.165) is 11.3 Å². The van der Waals surface area contributed by atoms with Gasteiger partial charge in [0, 0.05) is 12.6 Å². The number of aromatic carboxylic acids is 1. The van der Waals surface area contributed by atoms with Crippen LogP contribution in [0.15, 0.2) is 30.5 Å². The number of carboxylic acids is 1. The second kappa shape index (κ2) is 4.29. The van der Waals surface area contributed by atoms with Crippen LogP contribution in [0.3, 0.4) is 0 Å². The Balaban J connectivity index is 2.51. The van der Waals surface area contributed by atoms with E-state index in [0.29, 0.717) is 5.69 Å². The third kappa shape index (κ3) is 1.99. The van der Waals surface area contributed by atoms with Gasteiger partial charge in [-0.15, -0.1) is 0 Å². The van der Waals surface area contributed by atoms with Crippen LogP contribution in [-0.2, 0) is 7.05 Å². The SMILES string of the molecule is COc1ccc(-c2c(C(=O)O)cnn2C)cc1. The van der Waals surface area contributed by atoms with Gasteiger partial charge in [0.25, 0.3) is 0 Å². The van der Waals surface area contributed by atoms with E-state index in [1.165, 1.54) is 6.20 Å². The van der Waals surface area contributed by atoms with Crippen molar-refractivity contribution in [2.75, 3.05) is 7.11 Å². The highest BCUT2D eigenvalue weighted by Crippen LogP contribution is 2.25. The minimum Gasteiger partial charge on any atom is -0.497 e. The first kappa shape index (κ1) is 11.2. The molecule has 0 saturated carbocycles. The molecule has 0 saturated heterocycles. The number of hydrogen-bond donors (Lipinski definition) is 1. The molecule has 0 amide bonds. The van der Waals surface area contributed by atoms with E-state index in [1.807, 2.05) is 12.1 Å².